The summed E-state index contributed by atoms with van der Waals surface area (Å²) >= 11 is 2.21. The monoisotopic (exact) mass is 389 g/mol. The number of ether oxygens (including phenoxy) is 1. The number of carbonyl (C=O) groups is 1. The first kappa shape index (κ1) is 14.0. The molecule has 0 N–H and O–H groups in total. The van der Waals surface area contributed by atoms with E-state index in [-0.39, 0.29) is 0 Å². The average molecular weight is 389 g/mol. The highest BCUT2D eigenvalue weighted by Gasteiger charge is 2.24. The van der Waals surface area contributed by atoms with Crippen molar-refractivity contribution in [1.29, 1.82) is 0 Å². The Bertz CT molecular complexity index is 778. The third-order valence-corrected chi connectivity index (χ3v) is 3.71. The fraction of sp³-hybridized carbons (Fsp3) is 0.0588. The van der Waals surface area contributed by atoms with Gasteiger partial charge in [0, 0.05) is 9.13 Å². The van der Waals surface area contributed by atoms with Crippen LogP contribution < -0.4 is 0 Å². The second-order valence-corrected chi connectivity index (χ2v) is 6.01. The number of hydrogen-bond donors (Lipinski definition) is 0. The molecule has 0 saturated carbocycles. The number of benzene rings is 2. The van der Waals surface area contributed by atoms with E-state index >= 15 is 0 Å². The van der Waals surface area contributed by atoms with Gasteiger partial charge >= 0.3 is 5.97 Å². The van der Waals surface area contributed by atoms with Crippen LogP contribution in [-0.2, 0) is 9.53 Å². The number of halogens is 1. The summed E-state index contributed by atoms with van der Waals surface area (Å²) in [6, 6.07) is 15.6. The van der Waals surface area contributed by atoms with Crippen molar-refractivity contribution in [3.8, 4) is 0 Å². The van der Waals surface area contributed by atoms with Crippen molar-refractivity contribution < 1.29 is 9.53 Å². The normalized spacial score (nSPS) is 16.0. The minimum absolute atomic E-state index is 0.328. The van der Waals surface area contributed by atoms with E-state index in [9.17, 15) is 4.79 Å². The van der Waals surface area contributed by atoms with Crippen LogP contribution in [0.5, 0.6) is 0 Å². The number of cyclic esters (lactones) is 1. The lowest BCUT2D eigenvalue weighted by Crippen LogP contribution is -2.05. The standard InChI is InChI=1S/C17H12INO2/c1-11-4-2-5-12(8-11)9-15-17(20)21-16(19-15)13-6-3-7-14(18)10-13/h2-10H,1H3. The molecule has 3 rings (SSSR count). The van der Waals surface area contributed by atoms with Crippen LogP contribution in [0.2, 0.25) is 0 Å². The Morgan fingerprint density at radius 2 is 1.95 bits per heavy atom. The molecule has 0 aliphatic carbocycles. The first-order valence-electron chi connectivity index (χ1n) is 6.47. The number of esters is 1. The van der Waals surface area contributed by atoms with E-state index in [1.807, 2.05) is 55.5 Å². The second-order valence-electron chi connectivity index (χ2n) is 4.76. The van der Waals surface area contributed by atoms with E-state index in [1.54, 1.807) is 6.08 Å². The van der Waals surface area contributed by atoms with Crippen molar-refractivity contribution in [3.05, 3.63) is 74.5 Å². The van der Waals surface area contributed by atoms with Crippen LogP contribution in [0.25, 0.3) is 6.08 Å². The number of hydrogen-bond acceptors (Lipinski definition) is 3. The second kappa shape index (κ2) is 5.81. The van der Waals surface area contributed by atoms with Gasteiger partial charge in [0.05, 0.1) is 0 Å². The third kappa shape index (κ3) is 3.21. The maximum atomic E-state index is 11.9. The lowest BCUT2D eigenvalue weighted by Gasteiger charge is -1.99. The van der Waals surface area contributed by atoms with Crippen LogP contribution in [0, 0.1) is 10.5 Å². The highest BCUT2D eigenvalue weighted by Crippen LogP contribution is 2.20. The van der Waals surface area contributed by atoms with Crippen molar-refractivity contribution in [2.45, 2.75) is 6.92 Å². The van der Waals surface area contributed by atoms with Crippen LogP contribution >= 0.6 is 22.6 Å². The van der Waals surface area contributed by atoms with Crippen LogP contribution in [0.15, 0.2) is 59.2 Å². The Kier molecular flexibility index (Phi) is 3.88. The minimum atomic E-state index is -0.412. The molecule has 1 heterocycles. The molecule has 0 unspecified atom stereocenters. The summed E-state index contributed by atoms with van der Waals surface area (Å²) in [5.74, 6) is -0.0530. The molecule has 0 amide bonds. The number of aliphatic imine (C=N–C) groups is 1. The highest BCUT2D eigenvalue weighted by atomic mass is 127. The maximum Gasteiger partial charge on any atom is 0.363 e. The molecule has 0 spiro atoms. The van der Waals surface area contributed by atoms with Gasteiger partial charge in [0.1, 0.15) is 0 Å². The molecular formula is C17H12INO2. The predicted octanol–water partition coefficient (Wildman–Crippen LogP) is 3.94. The lowest BCUT2D eigenvalue weighted by molar-refractivity contribution is -0.129. The Morgan fingerprint density at radius 1 is 1.14 bits per heavy atom. The van der Waals surface area contributed by atoms with E-state index in [2.05, 4.69) is 27.6 Å². The smallest absolute Gasteiger partial charge is 0.363 e. The van der Waals surface area contributed by atoms with Crippen molar-refractivity contribution in [1.82, 2.24) is 0 Å². The van der Waals surface area contributed by atoms with E-state index < -0.39 is 5.97 Å². The number of carbonyl (C=O) groups excluding carboxylic acids is 1. The number of aryl methyl sites for hydroxylation is 1. The van der Waals surface area contributed by atoms with Crippen molar-refractivity contribution >= 4 is 40.5 Å². The molecule has 1 aliphatic heterocycles. The van der Waals surface area contributed by atoms with Gasteiger partial charge in [-0.3, -0.25) is 0 Å². The molecule has 2 aromatic carbocycles. The molecule has 0 aromatic heterocycles. The van der Waals surface area contributed by atoms with Gasteiger partial charge in [0.2, 0.25) is 5.90 Å². The van der Waals surface area contributed by atoms with Gasteiger partial charge in [-0.25, -0.2) is 9.79 Å². The first-order valence-corrected chi connectivity index (χ1v) is 7.55. The highest BCUT2D eigenvalue weighted by molar-refractivity contribution is 14.1. The lowest BCUT2D eigenvalue weighted by atomic mass is 10.1. The molecule has 104 valence electrons. The fourth-order valence-corrected chi connectivity index (χ4v) is 2.62. The Labute approximate surface area is 136 Å². The Hall–Kier alpha value is -1.95. The summed E-state index contributed by atoms with van der Waals surface area (Å²) in [6.45, 7) is 2.01. The van der Waals surface area contributed by atoms with Crippen LogP contribution in [0.1, 0.15) is 16.7 Å². The summed E-state index contributed by atoms with van der Waals surface area (Å²) in [5, 5.41) is 0. The van der Waals surface area contributed by atoms with Crippen LogP contribution in [0.4, 0.5) is 0 Å². The topological polar surface area (TPSA) is 38.7 Å². The molecule has 0 bridgehead atoms. The molecule has 21 heavy (non-hydrogen) atoms. The van der Waals surface area contributed by atoms with Gasteiger partial charge in [0.15, 0.2) is 5.70 Å². The van der Waals surface area contributed by atoms with Crippen LogP contribution in [-0.4, -0.2) is 11.9 Å². The summed E-state index contributed by atoms with van der Waals surface area (Å²) in [5.41, 5.74) is 3.21. The maximum absolute atomic E-state index is 11.9. The molecule has 4 heteroatoms. The van der Waals surface area contributed by atoms with Crippen LogP contribution in [0.3, 0.4) is 0 Å². The van der Waals surface area contributed by atoms with E-state index in [1.165, 1.54) is 0 Å². The molecular weight excluding hydrogens is 377 g/mol. The van der Waals surface area contributed by atoms with Gasteiger partial charge in [-0.05, 0) is 59.4 Å². The van der Waals surface area contributed by atoms with Gasteiger partial charge in [0.25, 0.3) is 0 Å². The van der Waals surface area contributed by atoms with Crippen molar-refractivity contribution in [3.63, 3.8) is 0 Å². The zero-order valence-electron chi connectivity index (χ0n) is 11.3. The zero-order chi connectivity index (χ0) is 14.8. The van der Waals surface area contributed by atoms with E-state index in [0.717, 1.165) is 20.3 Å². The fourth-order valence-electron chi connectivity index (χ4n) is 2.07. The average Bonchev–Trinajstić information content (AvgIpc) is 2.80. The van der Waals surface area contributed by atoms with Crippen molar-refractivity contribution in [2.75, 3.05) is 0 Å². The van der Waals surface area contributed by atoms with E-state index in [4.69, 9.17) is 4.74 Å². The summed E-state index contributed by atoms with van der Waals surface area (Å²) < 4.78 is 6.33. The summed E-state index contributed by atoms with van der Waals surface area (Å²) in [6.07, 6.45) is 1.75. The quantitative estimate of drug-likeness (QED) is 0.443. The zero-order valence-corrected chi connectivity index (χ0v) is 13.5. The van der Waals surface area contributed by atoms with Gasteiger partial charge in [-0.1, -0.05) is 35.9 Å². The largest absolute Gasteiger partial charge is 0.402 e. The minimum Gasteiger partial charge on any atom is -0.402 e. The SMILES string of the molecule is Cc1cccc(C=C2N=C(c3cccc(I)c3)OC2=O)c1. The third-order valence-electron chi connectivity index (χ3n) is 3.04. The van der Waals surface area contributed by atoms with E-state index in [0.29, 0.717) is 11.6 Å². The molecule has 2 aromatic rings. The Morgan fingerprint density at radius 3 is 2.71 bits per heavy atom. The molecule has 1 aliphatic rings. The molecule has 0 atom stereocenters. The molecule has 3 nitrogen and oxygen atoms in total. The molecule has 0 fully saturated rings. The van der Waals surface area contributed by atoms with Crippen molar-refractivity contribution in [2.24, 2.45) is 4.99 Å². The molecule has 0 saturated heterocycles. The molecule has 0 radical (unpaired) electrons. The first-order chi connectivity index (χ1) is 10.1. The van der Waals surface area contributed by atoms with Gasteiger partial charge in [-0.2, -0.15) is 0 Å². The summed E-state index contributed by atoms with van der Waals surface area (Å²) in [7, 11) is 0. The summed E-state index contributed by atoms with van der Waals surface area (Å²) in [4.78, 5) is 16.2. The van der Waals surface area contributed by atoms with Gasteiger partial charge in [-0.15, -0.1) is 0 Å². The number of rotatable bonds is 2. The Balaban J connectivity index is 1.95. The predicted molar refractivity (Wildman–Crippen MR) is 90.9 cm³/mol. The number of nitrogens with zero attached hydrogens (tertiary/aromatic N) is 1. The van der Waals surface area contributed by atoms with Gasteiger partial charge < -0.3 is 4.74 Å².